The Morgan fingerprint density at radius 1 is 1.28 bits per heavy atom. The van der Waals surface area contributed by atoms with E-state index in [0.717, 1.165) is 5.56 Å². The summed E-state index contributed by atoms with van der Waals surface area (Å²) in [6, 6.07) is 10.1. The van der Waals surface area contributed by atoms with Crippen LogP contribution in [0.1, 0.15) is 11.1 Å². The Balaban J connectivity index is 1.94. The van der Waals surface area contributed by atoms with Gasteiger partial charge in [-0.15, -0.1) is 0 Å². The number of anilines is 1. The summed E-state index contributed by atoms with van der Waals surface area (Å²) in [5.74, 6) is 0.0725. The molecule has 0 saturated carbocycles. The van der Waals surface area contributed by atoms with E-state index in [9.17, 15) is 9.90 Å². The predicted molar refractivity (Wildman–Crippen MR) is 102 cm³/mol. The van der Waals surface area contributed by atoms with Crippen LogP contribution in [0, 0.1) is 6.92 Å². The first-order valence-electron chi connectivity index (χ1n) is 7.41. The molecule has 1 heterocycles. The Hall–Kier alpha value is -2.57. The Morgan fingerprint density at radius 3 is 2.72 bits per heavy atom. The van der Waals surface area contributed by atoms with Gasteiger partial charge in [0.25, 0.3) is 5.91 Å². The first kappa shape index (κ1) is 17.3. The molecule has 0 atom stereocenters. The molecule has 1 amide bonds. The summed E-state index contributed by atoms with van der Waals surface area (Å²) in [6.45, 7) is 1.89. The number of aromatic hydroxyl groups is 1. The maximum atomic E-state index is 12.7. The van der Waals surface area contributed by atoms with Crippen molar-refractivity contribution < 1.29 is 14.6 Å². The summed E-state index contributed by atoms with van der Waals surface area (Å²) in [4.78, 5) is 14.1. The third-order valence-corrected chi connectivity index (χ3v) is 4.50. The van der Waals surface area contributed by atoms with Crippen molar-refractivity contribution in [3.63, 3.8) is 0 Å². The van der Waals surface area contributed by atoms with E-state index in [-0.39, 0.29) is 16.8 Å². The van der Waals surface area contributed by atoms with E-state index in [1.165, 1.54) is 18.1 Å². The summed E-state index contributed by atoms with van der Waals surface area (Å²) < 4.78 is 5.08. The van der Waals surface area contributed by atoms with Gasteiger partial charge in [0, 0.05) is 5.02 Å². The predicted octanol–water partition coefficient (Wildman–Crippen LogP) is 3.62. The normalized spacial score (nSPS) is 15.6. The largest absolute Gasteiger partial charge is 0.504 e. The lowest BCUT2D eigenvalue weighted by molar-refractivity contribution is -0.113. The van der Waals surface area contributed by atoms with E-state index < -0.39 is 0 Å². The van der Waals surface area contributed by atoms with Crippen molar-refractivity contribution in [3.05, 3.63) is 58.2 Å². The second-order valence-corrected chi connectivity index (χ2v) is 6.29. The Morgan fingerprint density at radius 2 is 2.04 bits per heavy atom. The average Bonchev–Trinajstić information content (AvgIpc) is 2.86. The number of benzene rings is 2. The van der Waals surface area contributed by atoms with Gasteiger partial charge in [0.15, 0.2) is 16.6 Å². The van der Waals surface area contributed by atoms with Gasteiger partial charge in [-0.1, -0.05) is 23.7 Å². The van der Waals surface area contributed by atoms with E-state index >= 15 is 0 Å². The van der Waals surface area contributed by atoms with Crippen molar-refractivity contribution in [1.29, 1.82) is 0 Å². The molecule has 1 aliphatic heterocycles. The standard InChI is InChI=1S/C18H15ClN2O3S/c1-10-3-5-12(9-13(10)19)21-17(23)14(20-18(21)25)7-11-4-6-15(22)16(8-11)24-2/h3-9,22H,1-2H3,(H,20,25)/b14-7+. The highest BCUT2D eigenvalue weighted by Gasteiger charge is 2.32. The smallest absolute Gasteiger partial charge is 0.281 e. The maximum absolute atomic E-state index is 12.7. The molecule has 3 rings (SSSR count). The van der Waals surface area contributed by atoms with Crippen LogP contribution in [0.25, 0.3) is 6.08 Å². The lowest BCUT2D eigenvalue weighted by atomic mass is 10.1. The zero-order chi connectivity index (χ0) is 18.1. The highest BCUT2D eigenvalue weighted by molar-refractivity contribution is 7.80. The van der Waals surface area contributed by atoms with Crippen molar-refractivity contribution >= 4 is 46.6 Å². The molecule has 2 aromatic rings. The number of rotatable bonds is 3. The molecule has 0 radical (unpaired) electrons. The van der Waals surface area contributed by atoms with Crippen LogP contribution >= 0.6 is 23.8 Å². The molecule has 0 spiro atoms. The van der Waals surface area contributed by atoms with Gasteiger partial charge in [0.05, 0.1) is 12.8 Å². The number of halogens is 1. The topological polar surface area (TPSA) is 61.8 Å². The maximum Gasteiger partial charge on any atom is 0.281 e. The van der Waals surface area contributed by atoms with Crippen molar-refractivity contribution in [1.82, 2.24) is 5.32 Å². The van der Waals surface area contributed by atoms with Crippen LogP contribution in [0.4, 0.5) is 5.69 Å². The van der Waals surface area contributed by atoms with Crippen LogP contribution in [0.2, 0.25) is 5.02 Å². The summed E-state index contributed by atoms with van der Waals surface area (Å²) in [7, 11) is 1.46. The van der Waals surface area contributed by atoms with Gasteiger partial charge in [-0.05, 0) is 60.6 Å². The van der Waals surface area contributed by atoms with Gasteiger partial charge in [0.1, 0.15) is 5.70 Å². The van der Waals surface area contributed by atoms with Crippen LogP contribution in [-0.4, -0.2) is 23.2 Å². The SMILES string of the molecule is COc1cc(/C=C2/NC(=S)N(c3ccc(C)c(Cl)c3)C2=O)ccc1O. The minimum Gasteiger partial charge on any atom is -0.504 e. The molecular weight excluding hydrogens is 360 g/mol. The number of ether oxygens (including phenoxy) is 1. The van der Waals surface area contributed by atoms with Crippen molar-refractivity contribution in [2.24, 2.45) is 0 Å². The van der Waals surface area contributed by atoms with Crippen LogP contribution in [0.5, 0.6) is 11.5 Å². The molecule has 2 N–H and O–H groups in total. The van der Waals surface area contributed by atoms with Gasteiger partial charge in [-0.25, -0.2) is 0 Å². The number of amides is 1. The number of aryl methyl sites for hydroxylation is 1. The number of carbonyl (C=O) groups excluding carboxylic acids is 1. The van der Waals surface area contributed by atoms with Crippen molar-refractivity contribution in [2.75, 3.05) is 12.0 Å². The number of thiocarbonyl (C=S) groups is 1. The molecule has 5 nitrogen and oxygen atoms in total. The van der Waals surface area contributed by atoms with E-state index in [2.05, 4.69) is 5.32 Å². The summed E-state index contributed by atoms with van der Waals surface area (Å²) in [5, 5.41) is 13.4. The number of carbonyl (C=O) groups is 1. The lowest BCUT2D eigenvalue weighted by Crippen LogP contribution is -2.30. The summed E-state index contributed by atoms with van der Waals surface area (Å²) >= 11 is 11.4. The highest BCUT2D eigenvalue weighted by Crippen LogP contribution is 2.29. The fraction of sp³-hybridized carbons (Fsp3) is 0.111. The van der Waals surface area contributed by atoms with Crippen LogP contribution in [0.15, 0.2) is 42.1 Å². The number of hydrogen-bond acceptors (Lipinski definition) is 4. The molecule has 1 saturated heterocycles. The molecule has 1 aliphatic rings. The molecule has 2 aromatic carbocycles. The van der Waals surface area contributed by atoms with E-state index in [0.29, 0.717) is 27.7 Å². The fourth-order valence-electron chi connectivity index (χ4n) is 2.44. The average molecular weight is 375 g/mol. The fourth-order valence-corrected chi connectivity index (χ4v) is 2.91. The number of nitrogens with zero attached hydrogens (tertiary/aromatic N) is 1. The molecular formula is C18H15ClN2O3S. The molecule has 0 bridgehead atoms. The lowest BCUT2D eigenvalue weighted by Gasteiger charge is -2.14. The van der Waals surface area contributed by atoms with Gasteiger partial charge < -0.3 is 15.2 Å². The third kappa shape index (κ3) is 3.31. The zero-order valence-electron chi connectivity index (χ0n) is 13.5. The molecule has 7 heteroatoms. The third-order valence-electron chi connectivity index (χ3n) is 3.81. The molecule has 0 aliphatic carbocycles. The van der Waals surface area contributed by atoms with Gasteiger partial charge in [-0.2, -0.15) is 0 Å². The first-order valence-corrected chi connectivity index (χ1v) is 8.19. The van der Waals surface area contributed by atoms with Gasteiger partial charge >= 0.3 is 0 Å². The number of phenols is 1. The van der Waals surface area contributed by atoms with Crippen LogP contribution in [-0.2, 0) is 4.79 Å². The molecule has 1 fully saturated rings. The van der Waals surface area contributed by atoms with Crippen LogP contribution in [0.3, 0.4) is 0 Å². The molecule has 128 valence electrons. The monoisotopic (exact) mass is 374 g/mol. The molecule has 25 heavy (non-hydrogen) atoms. The Kier molecular flexibility index (Phi) is 4.65. The Bertz CT molecular complexity index is 911. The quantitative estimate of drug-likeness (QED) is 0.634. The minimum absolute atomic E-state index is 0.0294. The highest BCUT2D eigenvalue weighted by atomic mass is 35.5. The second kappa shape index (κ2) is 6.74. The van der Waals surface area contributed by atoms with E-state index in [1.807, 2.05) is 13.0 Å². The number of methoxy groups -OCH3 is 1. The van der Waals surface area contributed by atoms with Gasteiger partial charge in [-0.3, -0.25) is 9.69 Å². The van der Waals surface area contributed by atoms with Crippen molar-refractivity contribution in [3.8, 4) is 11.5 Å². The van der Waals surface area contributed by atoms with Crippen LogP contribution < -0.4 is 15.0 Å². The summed E-state index contributed by atoms with van der Waals surface area (Å²) in [5.41, 5.74) is 2.54. The number of nitrogens with one attached hydrogen (secondary N) is 1. The molecule has 0 unspecified atom stereocenters. The van der Waals surface area contributed by atoms with Gasteiger partial charge in [0.2, 0.25) is 0 Å². The zero-order valence-corrected chi connectivity index (χ0v) is 15.1. The number of phenolic OH excluding ortho intramolecular Hbond substituents is 1. The molecule has 0 aromatic heterocycles. The first-order chi connectivity index (χ1) is 11.9. The van der Waals surface area contributed by atoms with E-state index in [4.69, 9.17) is 28.6 Å². The Labute approximate surface area is 155 Å². The second-order valence-electron chi connectivity index (χ2n) is 5.49. The summed E-state index contributed by atoms with van der Waals surface area (Å²) in [6.07, 6.45) is 1.65. The number of hydrogen-bond donors (Lipinski definition) is 2. The van der Waals surface area contributed by atoms with E-state index in [1.54, 1.807) is 30.3 Å². The van der Waals surface area contributed by atoms with Crippen molar-refractivity contribution in [2.45, 2.75) is 6.92 Å². The minimum atomic E-state index is -0.281.